The molecule has 2 amide bonds. The van der Waals surface area contributed by atoms with Crippen LogP contribution < -0.4 is 15.5 Å². The average molecular weight is 395 g/mol. The molecule has 2 aromatic rings. The first-order valence-corrected chi connectivity index (χ1v) is 10.6. The second-order valence-electron chi connectivity index (χ2n) is 8.08. The minimum absolute atomic E-state index is 0.124. The molecule has 7 nitrogen and oxygen atoms in total. The molecule has 1 aliphatic heterocycles. The topological polar surface area (TPSA) is 73.4 Å². The number of rotatable bonds is 4. The Morgan fingerprint density at radius 2 is 1.66 bits per heavy atom. The van der Waals surface area contributed by atoms with Crippen molar-refractivity contribution < 1.29 is 4.79 Å². The number of nitrogens with zero attached hydrogens (tertiary/aromatic N) is 4. The van der Waals surface area contributed by atoms with Crippen LogP contribution in [0.2, 0.25) is 0 Å². The first kappa shape index (κ1) is 19.6. The summed E-state index contributed by atoms with van der Waals surface area (Å²) in [6, 6.07) is 12.0. The van der Waals surface area contributed by atoms with Crippen LogP contribution in [0.4, 0.5) is 16.3 Å². The number of amides is 2. The molecule has 2 aliphatic rings. The maximum absolute atomic E-state index is 12.2. The minimum atomic E-state index is -0.124. The maximum Gasteiger partial charge on any atom is 0.319 e. The van der Waals surface area contributed by atoms with E-state index in [2.05, 4.69) is 37.7 Å². The van der Waals surface area contributed by atoms with Gasteiger partial charge < -0.3 is 20.4 Å². The van der Waals surface area contributed by atoms with Crippen LogP contribution in [-0.2, 0) is 0 Å². The highest BCUT2D eigenvalue weighted by Gasteiger charge is 2.17. The third-order valence-corrected chi connectivity index (χ3v) is 5.86. The molecule has 154 valence electrons. The predicted octanol–water partition coefficient (Wildman–Crippen LogP) is 3.35. The second-order valence-corrected chi connectivity index (χ2v) is 8.08. The fourth-order valence-electron chi connectivity index (χ4n) is 4.01. The Morgan fingerprint density at radius 1 is 0.931 bits per heavy atom. The summed E-state index contributed by atoms with van der Waals surface area (Å²) in [7, 11) is 2.14. The van der Waals surface area contributed by atoms with Gasteiger partial charge in [0.15, 0.2) is 5.82 Å². The van der Waals surface area contributed by atoms with Crippen LogP contribution in [0.25, 0.3) is 11.3 Å². The van der Waals surface area contributed by atoms with E-state index in [-0.39, 0.29) is 6.03 Å². The molecule has 1 saturated carbocycles. The van der Waals surface area contributed by atoms with Crippen molar-refractivity contribution in [3.05, 3.63) is 36.4 Å². The van der Waals surface area contributed by atoms with Crippen LogP contribution in [0.1, 0.15) is 32.1 Å². The summed E-state index contributed by atoms with van der Waals surface area (Å²) in [4.78, 5) is 16.8. The lowest BCUT2D eigenvalue weighted by Crippen LogP contribution is -2.44. The molecular formula is C22H30N6O. The number of hydrogen-bond acceptors (Lipinski definition) is 5. The van der Waals surface area contributed by atoms with Crippen LogP contribution in [-0.4, -0.2) is 60.4 Å². The van der Waals surface area contributed by atoms with E-state index in [1.807, 2.05) is 36.4 Å². The highest BCUT2D eigenvalue weighted by Crippen LogP contribution is 2.22. The number of anilines is 2. The number of likely N-dealkylation sites (N-methyl/N-ethyl adjacent to an activating group) is 1. The van der Waals surface area contributed by atoms with Crippen LogP contribution >= 0.6 is 0 Å². The molecule has 0 atom stereocenters. The third kappa shape index (κ3) is 5.23. The summed E-state index contributed by atoms with van der Waals surface area (Å²) < 4.78 is 0. The van der Waals surface area contributed by atoms with E-state index >= 15 is 0 Å². The SMILES string of the molecule is CN1CCN(c2ccc(-c3ccc(NC(=O)NC4CCCCC4)cc3)nn2)CC1. The van der Waals surface area contributed by atoms with Crippen LogP contribution in [0.15, 0.2) is 36.4 Å². The number of benzene rings is 1. The summed E-state index contributed by atoms with van der Waals surface area (Å²) in [5, 5.41) is 14.8. The lowest BCUT2D eigenvalue weighted by Gasteiger charge is -2.32. The molecule has 29 heavy (non-hydrogen) atoms. The van der Waals surface area contributed by atoms with Crippen molar-refractivity contribution in [3.8, 4) is 11.3 Å². The fraction of sp³-hybridized carbons (Fsp3) is 0.500. The summed E-state index contributed by atoms with van der Waals surface area (Å²) in [6.45, 7) is 4.06. The molecule has 2 N–H and O–H groups in total. The Hall–Kier alpha value is -2.67. The molecule has 2 fully saturated rings. The van der Waals surface area contributed by atoms with Crippen LogP contribution in [0.3, 0.4) is 0 Å². The normalized spacial score (nSPS) is 18.4. The second kappa shape index (κ2) is 9.22. The molecule has 1 aliphatic carbocycles. The monoisotopic (exact) mass is 394 g/mol. The van der Waals surface area contributed by atoms with Crippen LogP contribution in [0.5, 0.6) is 0 Å². The van der Waals surface area contributed by atoms with E-state index < -0.39 is 0 Å². The van der Waals surface area contributed by atoms with E-state index in [9.17, 15) is 4.79 Å². The summed E-state index contributed by atoms with van der Waals surface area (Å²) in [6.07, 6.45) is 5.84. The van der Waals surface area contributed by atoms with Gasteiger partial charge in [-0.05, 0) is 44.2 Å². The smallest absolute Gasteiger partial charge is 0.319 e. The zero-order valence-electron chi connectivity index (χ0n) is 17.1. The van der Waals surface area contributed by atoms with E-state index in [4.69, 9.17) is 0 Å². The van der Waals surface area contributed by atoms with Crippen molar-refractivity contribution in [1.82, 2.24) is 20.4 Å². The summed E-state index contributed by atoms with van der Waals surface area (Å²) >= 11 is 0. The van der Waals surface area contributed by atoms with Gasteiger partial charge in [-0.3, -0.25) is 0 Å². The van der Waals surface area contributed by atoms with Crippen LogP contribution in [0, 0.1) is 0 Å². The third-order valence-electron chi connectivity index (χ3n) is 5.86. The molecule has 1 aromatic heterocycles. The van der Waals surface area contributed by atoms with Crippen molar-refractivity contribution in [1.29, 1.82) is 0 Å². The van der Waals surface area contributed by atoms with Gasteiger partial charge in [-0.25, -0.2) is 4.79 Å². The first-order valence-electron chi connectivity index (χ1n) is 10.6. The van der Waals surface area contributed by atoms with Gasteiger partial charge in [0.25, 0.3) is 0 Å². The summed E-state index contributed by atoms with van der Waals surface area (Å²) in [5.74, 6) is 0.930. The van der Waals surface area contributed by atoms with Gasteiger partial charge in [0, 0.05) is 43.5 Å². The lowest BCUT2D eigenvalue weighted by atomic mass is 9.96. The molecule has 1 aromatic carbocycles. The summed E-state index contributed by atoms with van der Waals surface area (Å²) in [5.41, 5.74) is 2.60. The van der Waals surface area contributed by atoms with E-state index in [1.54, 1.807) is 0 Å². The number of aromatic nitrogens is 2. The van der Waals surface area contributed by atoms with Gasteiger partial charge in [0.05, 0.1) is 5.69 Å². The van der Waals surface area contributed by atoms with Gasteiger partial charge in [-0.1, -0.05) is 31.4 Å². The molecule has 4 rings (SSSR count). The maximum atomic E-state index is 12.2. The van der Waals surface area contributed by atoms with E-state index in [1.165, 1.54) is 19.3 Å². The number of carbonyl (C=O) groups is 1. The standard InChI is InChI=1S/C22H30N6O/c1-27-13-15-28(16-14-27)21-12-11-20(25-26-21)17-7-9-19(10-8-17)24-22(29)23-18-5-3-2-4-6-18/h7-12,18H,2-6,13-16H2,1H3,(H2,23,24,29). The molecule has 0 spiro atoms. The molecule has 1 saturated heterocycles. The number of hydrogen-bond donors (Lipinski definition) is 2. The quantitative estimate of drug-likeness (QED) is 0.832. The molecule has 2 heterocycles. The number of urea groups is 1. The zero-order valence-corrected chi connectivity index (χ0v) is 17.1. The average Bonchev–Trinajstić information content (AvgIpc) is 2.76. The molecule has 0 radical (unpaired) electrons. The first-order chi connectivity index (χ1) is 14.2. The van der Waals surface area contributed by atoms with Gasteiger partial charge in [0.1, 0.15) is 0 Å². The van der Waals surface area contributed by atoms with Crippen molar-refractivity contribution in [2.75, 3.05) is 43.4 Å². The van der Waals surface area contributed by atoms with Gasteiger partial charge in [-0.15, -0.1) is 10.2 Å². The Kier molecular flexibility index (Phi) is 6.24. The number of piperazine rings is 1. The highest BCUT2D eigenvalue weighted by atomic mass is 16.2. The Bertz CT molecular complexity index is 793. The number of carbonyl (C=O) groups excluding carboxylic acids is 1. The Morgan fingerprint density at radius 3 is 2.31 bits per heavy atom. The van der Waals surface area contributed by atoms with Gasteiger partial charge in [0.2, 0.25) is 0 Å². The number of nitrogens with one attached hydrogen (secondary N) is 2. The molecule has 0 bridgehead atoms. The van der Waals surface area contributed by atoms with Crippen molar-refractivity contribution in [2.45, 2.75) is 38.1 Å². The lowest BCUT2D eigenvalue weighted by molar-refractivity contribution is 0.244. The largest absolute Gasteiger partial charge is 0.353 e. The van der Waals surface area contributed by atoms with Crippen molar-refractivity contribution in [2.24, 2.45) is 0 Å². The van der Waals surface area contributed by atoms with Crippen molar-refractivity contribution >= 4 is 17.5 Å². The molecule has 0 unspecified atom stereocenters. The van der Waals surface area contributed by atoms with Gasteiger partial charge >= 0.3 is 6.03 Å². The fourth-order valence-corrected chi connectivity index (χ4v) is 4.01. The van der Waals surface area contributed by atoms with E-state index in [0.717, 1.165) is 61.8 Å². The predicted molar refractivity (Wildman–Crippen MR) is 116 cm³/mol. The minimum Gasteiger partial charge on any atom is -0.353 e. The zero-order chi connectivity index (χ0) is 20.1. The highest BCUT2D eigenvalue weighted by molar-refractivity contribution is 5.89. The Labute approximate surface area is 172 Å². The van der Waals surface area contributed by atoms with Crippen molar-refractivity contribution in [3.63, 3.8) is 0 Å². The molecular weight excluding hydrogens is 364 g/mol. The van der Waals surface area contributed by atoms with E-state index in [0.29, 0.717) is 6.04 Å². The van der Waals surface area contributed by atoms with Gasteiger partial charge in [-0.2, -0.15) is 0 Å². The molecule has 7 heteroatoms. The Balaban J connectivity index is 1.33.